The van der Waals surface area contributed by atoms with E-state index in [9.17, 15) is 9.90 Å². The van der Waals surface area contributed by atoms with Gasteiger partial charge in [-0.2, -0.15) is 0 Å². The highest BCUT2D eigenvalue weighted by molar-refractivity contribution is 5.80. The van der Waals surface area contributed by atoms with Crippen molar-refractivity contribution in [2.24, 2.45) is 11.3 Å². The highest BCUT2D eigenvalue weighted by Crippen LogP contribution is 2.51. The molecular formula is C14H25NO2. The van der Waals surface area contributed by atoms with E-state index in [4.69, 9.17) is 0 Å². The molecule has 2 unspecified atom stereocenters. The Morgan fingerprint density at radius 3 is 2.24 bits per heavy atom. The van der Waals surface area contributed by atoms with Gasteiger partial charge >= 0.3 is 5.97 Å². The van der Waals surface area contributed by atoms with Gasteiger partial charge in [0, 0.05) is 0 Å². The second-order valence-electron chi connectivity index (χ2n) is 6.72. The molecule has 1 aliphatic heterocycles. The van der Waals surface area contributed by atoms with Gasteiger partial charge in [0.05, 0.1) is 0 Å². The third-order valence-electron chi connectivity index (χ3n) is 4.71. The number of piperidine rings is 1. The number of likely N-dealkylation sites (tertiary alicyclic amines) is 1. The summed E-state index contributed by atoms with van der Waals surface area (Å²) in [5.41, 5.74) is -0.431. The highest BCUT2D eigenvalue weighted by Gasteiger charge is 2.57. The average molecular weight is 239 g/mol. The van der Waals surface area contributed by atoms with E-state index < -0.39 is 11.5 Å². The zero-order valence-corrected chi connectivity index (χ0v) is 11.3. The van der Waals surface area contributed by atoms with Gasteiger partial charge in [-0.3, -0.25) is 9.69 Å². The number of rotatable bonds is 2. The van der Waals surface area contributed by atoms with Gasteiger partial charge in [-0.15, -0.1) is 0 Å². The summed E-state index contributed by atoms with van der Waals surface area (Å²) in [5.74, 6) is -0.342. The Balaban J connectivity index is 2.29. The zero-order chi connectivity index (χ0) is 12.7. The van der Waals surface area contributed by atoms with Crippen molar-refractivity contribution < 1.29 is 9.90 Å². The molecule has 2 rings (SSSR count). The van der Waals surface area contributed by atoms with Crippen LogP contribution in [0.3, 0.4) is 0 Å². The summed E-state index contributed by atoms with van der Waals surface area (Å²) in [6, 6.07) is 0. The lowest BCUT2D eigenvalue weighted by atomic mass is 9.83. The van der Waals surface area contributed by atoms with Crippen LogP contribution in [0.1, 0.15) is 52.9 Å². The lowest BCUT2D eigenvalue weighted by molar-refractivity contribution is -0.155. The van der Waals surface area contributed by atoms with Crippen molar-refractivity contribution in [1.29, 1.82) is 0 Å². The van der Waals surface area contributed by atoms with E-state index >= 15 is 0 Å². The summed E-state index contributed by atoms with van der Waals surface area (Å²) in [6.45, 7) is 8.47. The second-order valence-corrected chi connectivity index (χ2v) is 6.72. The van der Waals surface area contributed by atoms with Crippen LogP contribution >= 0.6 is 0 Å². The van der Waals surface area contributed by atoms with Crippen molar-refractivity contribution in [1.82, 2.24) is 4.90 Å². The van der Waals surface area contributed by atoms with Gasteiger partial charge in [-0.25, -0.2) is 0 Å². The van der Waals surface area contributed by atoms with Crippen LogP contribution in [0.5, 0.6) is 0 Å². The molecule has 0 aromatic heterocycles. The molecule has 0 radical (unpaired) electrons. The summed E-state index contributed by atoms with van der Waals surface area (Å²) in [4.78, 5) is 14.1. The minimum Gasteiger partial charge on any atom is -0.480 e. The summed E-state index contributed by atoms with van der Waals surface area (Å²) in [6.07, 6.45) is 5.39. The van der Waals surface area contributed by atoms with Crippen LogP contribution < -0.4 is 0 Å². The first-order valence-corrected chi connectivity index (χ1v) is 6.87. The molecule has 17 heavy (non-hydrogen) atoms. The molecule has 0 aromatic rings. The van der Waals surface area contributed by atoms with Crippen LogP contribution in [-0.2, 0) is 4.79 Å². The van der Waals surface area contributed by atoms with Crippen LogP contribution in [0.15, 0.2) is 0 Å². The molecule has 3 heteroatoms. The van der Waals surface area contributed by atoms with Gasteiger partial charge in [0.25, 0.3) is 0 Å². The van der Waals surface area contributed by atoms with Crippen molar-refractivity contribution in [3.8, 4) is 0 Å². The van der Waals surface area contributed by atoms with Crippen LogP contribution in [0.2, 0.25) is 0 Å². The summed E-state index contributed by atoms with van der Waals surface area (Å²) >= 11 is 0. The van der Waals surface area contributed by atoms with E-state index in [0.29, 0.717) is 0 Å². The SMILES string of the molecule is CC1CC(C)(C)CC1(C(=O)O)N1CCCCC1. The predicted octanol–water partition coefficient (Wildman–Crippen LogP) is 2.75. The lowest BCUT2D eigenvalue weighted by Crippen LogP contribution is -2.58. The number of hydrogen-bond donors (Lipinski definition) is 1. The second kappa shape index (κ2) is 4.27. The van der Waals surface area contributed by atoms with E-state index in [1.807, 2.05) is 0 Å². The lowest BCUT2D eigenvalue weighted by Gasteiger charge is -2.43. The molecule has 1 saturated heterocycles. The Kier molecular flexibility index (Phi) is 3.23. The van der Waals surface area contributed by atoms with Crippen molar-refractivity contribution in [2.45, 2.75) is 58.4 Å². The number of nitrogens with zero attached hydrogens (tertiary/aromatic N) is 1. The first-order chi connectivity index (χ1) is 7.88. The first kappa shape index (κ1) is 12.9. The smallest absolute Gasteiger partial charge is 0.324 e. The van der Waals surface area contributed by atoms with Gasteiger partial charge in [0.2, 0.25) is 0 Å². The Labute approximate surface area is 104 Å². The maximum atomic E-state index is 11.9. The quantitative estimate of drug-likeness (QED) is 0.805. The summed E-state index contributed by atoms with van der Waals surface area (Å²) < 4.78 is 0. The van der Waals surface area contributed by atoms with E-state index in [2.05, 4.69) is 25.7 Å². The van der Waals surface area contributed by atoms with Crippen molar-refractivity contribution in [2.75, 3.05) is 13.1 Å². The third-order valence-corrected chi connectivity index (χ3v) is 4.71. The van der Waals surface area contributed by atoms with E-state index in [1.54, 1.807) is 0 Å². The standard InChI is InChI=1S/C14H25NO2/c1-11-9-13(2,3)10-14(11,12(16)17)15-7-5-4-6-8-15/h11H,4-10H2,1-3H3,(H,16,17). The fraction of sp³-hybridized carbons (Fsp3) is 0.929. The van der Waals surface area contributed by atoms with E-state index in [-0.39, 0.29) is 11.3 Å². The summed E-state index contributed by atoms with van der Waals surface area (Å²) in [5, 5.41) is 9.78. The number of carbonyl (C=O) groups is 1. The molecule has 0 aromatic carbocycles. The Hall–Kier alpha value is -0.570. The average Bonchev–Trinajstić information content (AvgIpc) is 2.50. The molecule has 2 atom stereocenters. The highest BCUT2D eigenvalue weighted by atomic mass is 16.4. The third kappa shape index (κ3) is 2.10. The number of hydrogen-bond acceptors (Lipinski definition) is 2. The zero-order valence-electron chi connectivity index (χ0n) is 11.3. The molecule has 1 saturated carbocycles. The van der Waals surface area contributed by atoms with Gasteiger partial charge in [-0.1, -0.05) is 27.2 Å². The molecule has 2 fully saturated rings. The molecule has 3 nitrogen and oxygen atoms in total. The molecule has 1 aliphatic carbocycles. The van der Waals surface area contributed by atoms with Gasteiger partial charge < -0.3 is 5.11 Å². The molecule has 2 aliphatic rings. The molecule has 0 spiro atoms. The van der Waals surface area contributed by atoms with Crippen LogP contribution in [0, 0.1) is 11.3 Å². The largest absolute Gasteiger partial charge is 0.480 e. The predicted molar refractivity (Wildman–Crippen MR) is 68.0 cm³/mol. The Bertz CT molecular complexity index is 307. The normalized spacial score (nSPS) is 38.2. The summed E-state index contributed by atoms with van der Waals surface area (Å²) in [7, 11) is 0. The minimum atomic E-state index is -0.600. The number of carboxylic acid groups (broad SMARTS) is 1. The maximum Gasteiger partial charge on any atom is 0.324 e. The molecule has 1 heterocycles. The van der Waals surface area contributed by atoms with Crippen LogP contribution in [-0.4, -0.2) is 34.6 Å². The molecule has 98 valence electrons. The minimum absolute atomic E-state index is 0.162. The number of aliphatic carboxylic acids is 1. The monoisotopic (exact) mass is 239 g/mol. The molecule has 0 bridgehead atoms. The van der Waals surface area contributed by atoms with Crippen LogP contribution in [0.4, 0.5) is 0 Å². The number of carboxylic acids is 1. The fourth-order valence-corrected chi connectivity index (χ4v) is 4.11. The molecular weight excluding hydrogens is 214 g/mol. The van der Waals surface area contributed by atoms with Crippen molar-refractivity contribution in [3.05, 3.63) is 0 Å². The van der Waals surface area contributed by atoms with Crippen LogP contribution in [0.25, 0.3) is 0 Å². The topological polar surface area (TPSA) is 40.5 Å². The van der Waals surface area contributed by atoms with Gasteiger partial charge in [-0.05, 0) is 50.1 Å². The molecule has 1 N–H and O–H groups in total. The fourth-order valence-electron chi connectivity index (χ4n) is 4.11. The molecule has 0 amide bonds. The van der Waals surface area contributed by atoms with Crippen molar-refractivity contribution in [3.63, 3.8) is 0 Å². The van der Waals surface area contributed by atoms with Crippen molar-refractivity contribution >= 4 is 5.97 Å². The maximum absolute atomic E-state index is 11.9. The van der Waals surface area contributed by atoms with E-state index in [1.165, 1.54) is 6.42 Å². The first-order valence-electron chi connectivity index (χ1n) is 6.87. The van der Waals surface area contributed by atoms with E-state index in [0.717, 1.165) is 38.8 Å². The van der Waals surface area contributed by atoms with Gasteiger partial charge in [0.15, 0.2) is 0 Å². The van der Waals surface area contributed by atoms with Gasteiger partial charge in [0.1, 0.15) is 5.54 Å². The Morgan fingerprint density at radius 2 is 1.82 bits per heavy atom. The Morgan fingerprint density at radius 1 is 1.24 bits per heavy atom.